The molecular formula is C57H47Cl4N9O5. The van der Waals surface area contributed by atoms with Gasteiger partial charge in [-0.2, -0.15) is 5.21 Å². The molecule has 10 aromatic rings. The number of aromatic carboxylic acids is 2. The van der Waals surface area contributed by atoms with Crippen LogP contribution in [0.1, 0.15) is 56.8 Å². The first-order valence-electron chi connectivity index (χ1n) is 23.8. The second kappa shape index (κ2) is 23.2. The van der Waals surface area contributed by atoms with Crippen molar-refractivity contribution in [2.75, 3.05) is 37.0 Å². The Hall–Kier alpha value is -7.72. The Bertz CT molecular complexity index is 3710. The van der Waals surface area contributed by atoms with Crippen molar-refractivity contribution in [2.24, 2.45) is 0 Å². The van der Waals surface area contributed by atoms with E-state index in [0.29, 0.717) is 71.1 Å². The summed E-state index contributed by atoms with van der Waals surface area (Å²) in [6.07, 6.45) is 3.91. The molecule has 5 heterocycles. The zero-order valence-corrected chi connectivity index (χ0v) is 43.5. The van der Waals surface area contributed by atoms with Gasteiger partial charge in [-0.3, -0.25) is 0 Å². The summed E-state index contributed by atoms with van der Waals surface area (Å²) in [5.74, 6) is -0.356. The van der Waals surface area contributed by atoms with E-state index in [1.165, 1.54) is 6.42 Å². The zero-order valence-electron chi connectivity index (χ0n) is 40.5. The number of carboxylic acid groups (broad SMARTS) is 2. The van der Waals surface area contributed by atoms with E-state index < -0.39 is 18.5 Å². The molecule has 6 aromatic carbocycles. The molecule has 0 unspecified atom stereocenters. The van der Waals surface area contributed by atoms with Crippen LogP contribution in [0.25, 0.3) is 66.4 Å². The summed E-state index contributed by atoms with van der Waals surface area (Å²) in [7, 11) is 3.54. The van der Waals surface area contributed by atoms with Gasteiger partial charge >= 0.3 is 11.9 Å². The molecule has 11 rings (SSSR count). The lowest BCUT2D eigenvalue weighted by Crippen LogP contribution is -2.31. The minimum absolute atomic E-state index is 0.0192. The predicted octanol–water partition coefficient (Wildman–Crippen LogP) is 13.4. The number of nitrogens with one attached hydrogen (secondary N) is 1. The van der Waals surface area contributed by atoms with E-state index in [1.54, 1.807) is 55.4 Å². The highest BCUT2D eigenvalue weighted by Crippen LogP contribution is 2.45. The van der Waals surface area contributed by atoms with Crippen LogP contribution in [0, 0.1) is 0 Å². The Morgan fingerprint density at radius 2 is 1.11 bits per heavy atom. The summed E-state index contributed by atoms with van der Waals surface area (Å²) in [5.41, 5.74) is 7.91. The Kier molecular flexibility index (Phi) is 16.2. The molecule has 0 aliphatic carbocycles. The molecule has 0 bridgehead atoms. The smallest absolute Gasteiger partial charge is 0.339 e. The van der Waals surface area contributed by atoms with Crippen LogP contribution in [0.5, 0.6) is 0 Å². The fourth-order valence-corrected chi connectivity index (χ4v) is 10.4. The van der Waals surface area contributed by atoms with E-state index >= 15 is 0 Å². The van der Waals surface area contributed by atoms with Crippen LogP contribution < -0.4 is 9.80 Å². The Morgan fingerprint density at radius 1 is 0.587 bits per heavy atom. The maximum atomic E-state index is 12.0. The number of fused-ring (bicyclic) bond motifs is 3. The summed E-state index contributed by atoms with van der Waals surface area (Å²) in [6.45, 7) is 1.49. The fourth-order valence-electron chi connectivity index (χ4n) is 9.42. The summed E-state index contributed by atoms with van der Waals surface area (Å²) >= 11 is 25.6. The number of hydrogen-bond acceptors (Lipinski definition) is 11. The van der Waals surface area contributed by atoms with Crippen molar-refractivity contribution in [3.8, 4) is 33.6 Å². The first kappa shape index (κ1) is 52.2. The van der Waals surface area contributed by atoms with Gasteiger partial charge in [0, 0.05) is 65.9 Å². The number of carboxylic acids is 2. The lowest BCUT2D eigenvalue weighted by Gasteiger charge is -2.30. The van der Waals surface area contributed by atoms with Gasteiger partial charge in [0.2, 0.25) is 5.82 Å². The molecule has 0 amide bonds. The number of piperidine rings is 1. The van der Waals surface area contributed by atoms with E-state index in [4.69, 9.17) is 51.4 Å². The van der Waals surface area contributed by atoms with Crippen molar-refractivity contribution in [1.29, 1.82) is 0 Å². The lowest BCUT2D eigenvalue weighted by molar-refractivity contribution is 0.0684. The number of aliphatic hydroxyl groups is 1. The second-order valence-corrected chi connectivity index (χ2v) is 19.3. The number of aliphatic hydroxyl groups excluding tert-OH is 1. The van der Waals surface area contributed by atoms with Gasteiger partial charge in [0.25, 0.3) is 0 Å². The maximum Gasteiger partial charge on any atom is 0.339 e. The average Bonchev–Trinajstić information content (AvgIpc) is 3.96. The van der Waals surface area contributed by atoms with E-state index in [9.17, 15) is 24.9 Å². The predicted molar refractivity (Wildman–Crippen MR) is 299 cm³/mol. The fraction of sp³-hybridized carbons (Fsp3) is 0.158. The highest BCUT2D eigenvalue weighted by molar-refractivity contribution is 6.38. The molecule has 0 atom stereocenters. The summed E-state index contributed by atoms with van der Waals surface area (Å²) in [6, 6.07) is 43.2. The minimum Gasteiger partial charge on any atom is -0.478 e. The average molecular weight is 1080 g/mol. The van der Waals surface area contributed by atoms with Crippen LogP contribution in [0.2, 0.25) is 20.1 Å². The molecule has 0 radical (unpaired) electrons. The van der Waals surface area contributed by atoms with Gasteiger partial charge in [0.05, 0.1) is 55.0 Å². The third-order valence-electron chi connectivity index (χ3n) is 12.7. The number of H-pyrrole nitrogens is 1. The summed E-state index contributed by atoms with van der Waals surface area (Å²) < 4.78 is 0. The van der Waals surface area contributed by atoms with Crippen LogP contribution in [-0.2, 0) is 13.0 Å². The van der Waals surface area contributed by atoms with Crippen molar-refractivity contribution in [3.05, 3.63) is 188 Å². The van der Waals surface area contributed by atoms with Crippen LogP contribution >= 0.6 is 46.4 Å². The van der Waals surface area contributed by atoms with Crippen molar-refractivity contribution in [1.82, 2.24) is 35.6 Å². The van der Waals surface area contributed by atoms with Crippen molar-refractivity contribution >= 4 is 103 Å². The Morgan fingerprint density at radius 3 is 1.65 bits per heavy atom. The molecule has 1 aliphatic heterocycles. The second-order valence-electron chi connectivity index (χ2n) is 17.6. The van der Waals surface area contributed by atoms with Crippen LogP contribution in [0.3, 0.4) is 0 Å². The van der Waals surface area contributed by atoms with Crippen LogP contribution in [0.4, 0.5) is 11.6 Å². The van der Waals surface area contributed by atoms with Crippen molar-refractivity contribution in [2.45, 2.75) is 32.3 Å². The van der Waals surface area contributed by atoms with Crippen molar-refractivity contribution < 1.29 is 24.9 Å². The normalized spacial score (nSPS) is 12.2. The third-order valence-corrected chi connectivity index (χ3v) is 14.0. The number of pyridine rings is 3. The number of hydrogen-bond donors (Lipinski definition) is 4. The number of benzene rings is 6. The third kappa shape index (κ3) is 10.9. The number of aromatic amines is 1. The number of aromatic nitrogens is 7. The van der Waals surface area contributed by atoms with Gasteiger partial charge in [-0.25, -0.2) is 24.5 Å². The van der Waals surface area contributed by atoms with Crippen molar-refractivity contribution in [3.63, 3.8) is 0 Å². The zero-order chi connectivity index (χ0) is 52.8. The van der Waals surface area contributed by atoms with Gasteiger partial charge in [-0.1, -0.05) is 143 Å². The van der Waals surface area contributed by atoms with Crippen LogP contribution in [-0.4, -0.2) is 90.0 Å². The number of carbonyl (C=O) groups is 2. The molecule has 4 N–H and O–H groups in total. The Balaban J connectivity index is 0.000000139. The van der Waals surface area contributed by atoms with Crippen LogP contribution in [0.15, 0.2) is 140 Å². The van der Waals surface area contributed by atoms with Gasteiger partial charge in [0.1, 0.15) is 17.2 Å². The number of tetrazole rings is 1. The quantitative estimate of drug-likeness (QED) is 0.101. The first-order valence-corrected chi connectivity index (χ1v) is 25.3. The molecule has 18 heteroatoms. The molecule has 0 spiro atoms. The largest absolute Gasteiger partial charge is 0.478 e. The number of anilines is 2. The molecule has 378 valence electrons. The molecule has 4 aromatic heterocycles. The minimum atomic E-state index is -1.14. The van der Waals surface area contributed by atoms with E-state index in [1.807, 2.05) is 91.0 Å². The van der Waals surface area contributed by atoms with E-state index in [2.05, 4.69) is 47.6 Å². The molecule has 1 fully saturated rings. The molecular weight excluding hydrogens is 1030 g/mol. The Labute approximate surface area is 451 Å². The van der Waals surface area contributed by atoms with Gasteiger partial charge in [-0.15, -0.1) is 10.2 Å². The molecule has 14 nitrogen and oxygen atoms in total. The first-order chi connectivity index (χ1) is 36.4. The number of nitrogens with zero attached hydrogens (tertiary/aromatic N) is 8. The summed E-state index contributed by atoms with van der Waals surface area (Å²) in [5, 5.41) is 48.2. The van der Waals surface area contributed by atoms with Gasteiger partial charge in [0.15, 0.2) is 0 Å². The lowest BCUT2D eigenvalue weighted by atomic mass is 9.94. The number of rotatable bonds is 10. The molecule has 0 saturated carbocycles. The van der Waals surface area contributed by atoms with E-state index in [0.717, 1.165) is 70.5 Å². The highest BCUT2D eigenvalue weighted by atomic mass is 35.5. The SMILES string of the molecule is CN(C)c1nc2cccc(Cl)c2c(Cc2ccccc2Cl)c1C(=O)O.Clc1cccc2nc(N3CCCCC3)c(-c3nn[nH]n3)c(-c3ccccc3)c12.O=C(O)c1c(CO)nc2cccc(Cl)c2c1-c1ccccc1. The monoisotopic (exact) mass is 1080 g/mol. The molecule has 1 saturated heterocycles. The van der Waals surface area contributed by atoms with Gasteiger partial charge in [-0.05, 0) is 89.2 Å². The standard InChI is InChI=1S/C21H19ClN6.C19H16Cl2N2O2.C17H12ClNO3/c22-15-10-7-11-16-18(15)17(14-8-3-1-4-9-14)19(20-24-26-27-25-20)21(23-16)28-12-5-2-6-13-28;1-23(2)18-17(19(24)25)12(10-11-6-3-4-7-13(11)20)16-14(21)8-5-9-15(16)22-18;18-11-7-4-8-12-15(11)14(10-5-2-1-3-6-10)16(17(21)22)13(9-20)19-12/h1,3-4,7-11H,2,5-6,12-13H2,(H,24,25,26,27);3-9H,10H2,1-2H3,(H,24,25);1-8,20H,9H2,(H,21,22). The molecule has 1 aliphatic rings. The van der Waals surface area contributed by atoms with Gasteiger partial charge < -0.3 is 25.1 Å². The topological polar surface area (TPSA) is 194 Å². The molecule has 75 heavy (non-hydrogen) atoms. The summed E-state index contributed by atoms with van der Waals surface area (Å²) in [4.78, 5) is 41.6. The maximum absolute atomic E-state index is 12.0. The van der Waals surface area contributed by atoms with E-state index in [-0.39, 0.29) is 16.8 Å². The number of halogens is 4. The highest BCUT2D eigenvalue weighted by Gasteiger charge is 2.28.